The van der Waals surface area contributed by atoms with Crippen LogP contribution in [0.25, 0.3) is 0 Å². The Labute approximate surface area is 162 Å². The fraction of sp³-hybridized carbons (Fsp3) is 0.143. The highest BCUT2D eigenvalue weighted by Gasteiger charge is 2.31. The van der Waals surface area contributed by atoms with Crippen LogP contribution < -0.4 is 5.32 Å². The summed E-state index contributed by atoms with van der Waals surface area (Å²) in [5.41, 5.74) is 0.917. The minimum Gasteiger partial charge on any atom is -0.379 e. The molecule has 2 nitrogen and oxygen atoms in total. The standard InChI is InChI=1S/C21H18Cl2FNO/c22-18-9-6-15(20(23)12-18)13-25-14-21(26,16-4-2-1-3-5-16)17-7-10-19(24)11-8-17/h1-12,25-26H,13-14H2/t21-/m1/s1. The van der Waals surface area contributed by atoms with Crippen molar-refractivity contribution < 1.29 is 9.50 Å². The van der Waals surface area contributed by atoms with Crippen LogP contribution in [0.15, 0.2) is 72.8 Å². The third kappa shape index (κ3) is 4.25. The van der Waals surface area contributed by atoms with Gasteiger partial charge >= 0.3 is 0 Å². The van der Waals surface area contributed by atoms with E-state index < -0.39 is 5.60 Å². The lowest BCUT2D eigenvalue weighted by atomic mass is 9.86. The van der Waals surface area contributed by atoms with Crippen molar-refractivity contribution in [2.45, 2.75) is 12.1 Å². The number of hydrogen-bond donors (Lipinski definition) is 2. The van der Waals surface area contributed by atoms with Crippen LogP contribution >= 0.6 is 23.2 Å². The van der Waals surface area contributed by atoms with Crippen LogP contribution in [0, 0.1) is 5.82 Å². The molecule has 0 aliphatic rings. The first-order valence-corrected chi connectivity index (χ1v) is 8.93. The second kappa shape index (κ2) is 8.19. The Morgan fingerprint density at radius 3 is 2.19 bits per heavy atom. The van der Waals surface area contributed by atoms with Gasteiger partial charge in [-0.25, -0.2) is 4.39 Å². The first-order valence-electron chi connectivity index (χ1n) is 8.17. The highest BCUT2D eigenvalue weighted by molar-refractivity contribution is 6.35. The van der Waals surface area contributed by atoms with E-state index in [4.69, 9.17) is 23.2 Å². The summed E-state index contributed by atoms with van der Waals surface area (Å²) in [7, 11) is 0. The van der Waals surface area contributed by atoms with Gasteiger partial charge in [0.2, 0.25) is 0 Å². The molecular weight excluding hydrogens is 372 g/mol. The minimum absolute atomic E-state index is 0.238. The molecule has 134 valence electrons. The van der Waals surface area contributed by atoms with E-state index >= 15 is 0 Å². The maximum absolute atomic E-state index is 13.3. The molecule has 3 aromatic carbocycles. The van der Waals surface area contributed by atoms with Crippen LogP contribution in [0.3, 0.4) is 0 Å². The summed E-state index contributed by atoms with van der Waals surface area (Å²) in [6.45, 7) is 0.702. The monoisotopic (exact) mass is 389 g/mol. The van der Waals surface area contributed by atoms with Gasteiger partial charge in [0.25, 0.3) is 0 Å². The molecule has 0 heterocycles. The van der Waals surface area contributed by atoms with Crippen LogP contribution in [0.4, 0.5) is 4.39 Å². The summed E-state index contributed by atoms with van der Waals surface area (Å²) < 4.78 is 13.3. The SMILES string of the molecule is O[C@](CNCc1ccc(Cl)cc1Cl)(c1ccccc1)c1ccc(F)cc1. The molecule has 5 heteroatoms. The van der Waals surface area contributed by atoms with Gasteiger partial charge in [-0.2, -0.15) is 0 Å². The Morgan fingerprint density at radius 1 is 0.885 bits per heavy atom. The summed E-state index contributed by atoms with van der Waals surface area (Å²) >= 11 is 12.1. The van der Waals surface area contributed by atoms with E-state index in [9.17, 15) is 9.50 Å². The number of hydrogen-bond acceptors (Lipinski definition) is 2. The maximum Gasteiger partial charge on any atom is 0.127 e. The van der Waals surface area contributed by atoms with Crippen molar-refractivity contribution in [3.63, 3.8) is 0 Å². The third-order valence-corrected chi connectivity index (χ3v) is 4.87. The zero-order valence-electron chi connectivity index (χ0n) is 13.9. The summed E-state index contributed by atoms with van der Waals surface area (Å²) in [4.78, 5) is 0. The molecule has 0 amide bonds. The Balaban J connectivity index is 1.83. The molecule has 26 heavy (non-hydrogen) atoms. The van der Waals surface area contributed by atoms with Crippen LogP contribution in [-0.2, 0) is 12.1 Å². The first kappa shape index (κ1) is 18.9. The fourth-order valence-electron chi connectivity index (χ4n) is 2.85. The smallest absolute Gasteiger partial charge is 0.127 e. The van der Waals surface area contributed by atoms with Crippen molar-refractivity contribution in [2.75, 3.05) is 6.54 Å². The lowest BCUT2D eigenvalue weighted by molar-refractivity contribution is 0.0795. The highest BCUT2D eigenvalue weighted by atomic mass is 35.5. The molecule has 0 fully saturated rings. The molecule has 0 spiro atoms. The molecule has 0 unspecified atom stereocenters. The van der Waals surface area contributed by atoms with Crippen molar-refractivity contribution in [3.8, 4) is 0 Å². The highest BCUT2D eigenvalue weighted by Crippen LogP contribution is 2.29. The summed E-state index contributed by atoms with van der Waals surface area (Å²) in [6, 6.07) is 20.5. The molecule has 3 aromatic rings. The predicted molar refractivity (Wildman–Crippen MR) is 104 cm³/mol. The molecular formula is C21H18Cl2FNO. The molecule has 0 aliphatic carbocycles. The van der Waals surface area contributed by atoms with E-state index in [1.54, 1.807) is 24.3 Å². The van der Waals surface area contributed by atoms with Crippen molar-refractivity contribution in [3.05, 3.63) is 105 Å². The van der Waals surface area contributed by atoms with E-state index in [2.05, 4.69) is 5.32 Å². The molecule has 0 aromatic heterocycles. The minimum atomic E-state index is -1.30. The number of aliphatic hydroxyl groups is 1. The van der Waals surface area contributed by atoms with Gasteiger partial charge in [0.15, 0.2) is 0 Å². The Hall–Kier alpha value is -1.91. The molecule has 0 saturated heterocycles. The van der Waals surface area contributed by atoms with E-state index in [0.29, 0.717) is 22.2 Å². The number of benzene rings is 3. The van der Waals surface area contributed by atoms with Gasteiger partial charge in [-0.3, -0.25) is 0 Å². The molecule has 0 saturated carbocycles. The van der Waals surface area contributed by atoms with Gasteiger partial charge in [-0.1, -0.05) is 71.7 Å². The van der Waals surface area contributed by atoms with Crippen LogP contribution in [0.5, 0.6) is 0 Å². The quantitative estimate of drug-likeness (QED) is 0.610. The lowest BCUT2D eigenvalue weighted by Crippen LogP contribution is -2.39. The van der Waals surface area contributed by atoms with E-state index in [1.165, 1.54) is 12.1 Å². The summed E-state index contributed by atoms with van der Waals surface area (Å²) in [5.74, 6) is -0.343. The molecule has 0 radical (unpaired) electrons. The summed E-state index contributed by atoms with van der Waals surface area (Å²) in [6.07, 6.45) is 0. The van der Waals surface area contributed by atoms with Crippen LogP contribution in [0.1, 0.15) is 16.7 Å². The Kier molecular flexibility index (Phi) is 5.94. The number of halogens is 3. The zero-order valence-corrected chi connectivity index (χ0v) is 15.4. The van der Waals surface area contributed by atoms with Gasteiger partial charge < -0.3 is 10.4 Å². The normalized spacial score (nSPS) is 13.4. The first-order chi connectivity index (χ1) is 12.5. The van der Waals surface area contributed by atoms with Gasteiger partial charge in [-0.15, -0.1) is 0 Å². The fourth-order valence-corrected chi connectivity index (χ4v) is 3.33. The average Bonchev–Trinajstić information content (AvgIpc) is 2.64. The van der Waals surface area contributed by atoms with Crippen molar-refractivity contribution in [1.29, 1.82) is 0 Å². The third-order valence-electron chi connectivity index (χ3n) is 4.28. The second-order valence-electron chi connectivity index (χ2n) is 6.07. The van der Waals surface area contributed by atoms with E-state index in [0.717, 1.165) is 11.1 Å². The second-order valence-corrected chi connectivity index (χ2v) is 6.92. The van der Waals surface area contributed by atoms with Crippen molar-refractivity contribution >= 4 is 23.2 Å². The van der Waals surface area contributed by atoms with Gasteiger partial charge in [-0.05, 0) is 41.0 Å². The molecule has 3 rings (SSSR count). The lowest BCUT2D eigenvalue weighted by Gasteiger charge is -2.30. The summed E-state index contributed by atoms with van der Waals surface area (Å²) in [5, 5.41) is 15.8. The van der Waals surface area contributed by atoms with Gasteiger partial charge in [0.1, 0.15) is 11.4 Å². The van der Waals surface area contributed by atoms with E-state index in [-0.39, 0.29) is 12.4 Å². The van der Waals surface area contributed by atoms with Crippen LogP contribution in [-0.4, -0.2) is 11.7 Å². The molecule has 1 atom stereocenters. The van der Waals surface area contributed by atoms with Gasteiger partial charge in [0.05, 0.1) is 0 Å². The largest absolute Gasteiger partial charge is 0.379 e. The topological polar surface area (TPSA) is 32.3 Å². The van der Waals surface area contributed by atoms with Crippen LogP contribution in [0.2, 0.25) is 10.0 Å². The zero-order chi connectivity index (χ0) is 18.6. The average molecular weight is 390 g/mol. The van der Waals surface area contributed by atoms with E-state index in [1.807, 2.05) is 36.4 Å². The molecule has 0 aliphatic heterocycles. The van der Waals surface area contributed by atoms with Crippen molar-refractivity contribution in [2.24, 2.45) is 0 Å². The molecule has 0 bridgehead atoms. The Morgan fingerprint density at radius 2 is 1.54 bits per heavy atom. The van der Waals surface area contributed by atoms with Gasteiger partial charge in [0, 0.05) is 23.1 Å². The number of rotatable bonds is 6. The molecule has 2 N–H and O–H groups in total. The van der Waals surface area contributed by atoms with Crippen molar-refractivity contribution in [1.82, 2.24) is 5.32 Å². The number of nitrogens with one attached hydrogen (secondary N) is 1. The predicted octanol–water partition coefficient (Wildman–Crippen LogP) is 5.16. The Bertz CT molecular complexity index is 871. The maximum atomic E-state index is 13.3.